The molecule has 2 N–H and O–H groups in total. The summed E-state index contributed by atoms with van der Waals surface area (Å²) < 4.78 is 7.76. The summed E-state index contributed by atoms with van der Waals surface area (Å²) in [5.74, 6) is 3.00. The van der Waals surface area contributed by atoms with Gasteiger partial charge in [0.2, 0.25) is 0 Å². The molecule has 0 fully saturated rings. The summed E-state index contributed by atoms with van der Waals surface area (Å²) in [6.07, 6.45) is 1.96. The van der Waals surface area contributed by atoms with E-state index >= 15 is 0 Å². The van der Waals surface area contributed by atoms with Gasteiger partial charge in [0.25, 0.3) is 0 Å². The number of fused-ring (bicyclic) bond motifs is 1. The molecule has 0 spiro atoms. The second-order valence-electron chi connectivity index (χ2n) is 8.71. The Morgan fingerprint density at radius 3 is 2.58 bits per heavy atom. The van der Waals surface area contributed by atoms with Crippen molar-refractivity contribution in [2.45, 2.75) is 46.6 Å². The summed E-state index contributed by atoms with van der Waals surface area (Å²) in [5.41, 5.74) is 2.00. The van der Waals surface area contributed by atoms with Crippen LogP contribution in [0.4, 0.5) is 0 Å². The number of rotatable bonds is 9. The number of ether oxygens (including phenoxy) is 1. The van der Waals surface area contributed by atoms with Gasteiger partial charge in [-0.25, -0.2) is 4.99 Å². The third-order valence-corrected chi connectivity index (χ3v) is 5.02. The fraction of sp³-hybridized carbons (Fsp3) is 0.458. The average Bonchev–Trinajstić information content (AvgIpc) is 3.18. The van der Waals surface area contributed by atoms with Gasteiger partial charge in [-0.1, -0.05) is 45.9 Å². The van der Waals surface area contributed by atoms with Gasteiger partial charge in [-0.2, -0.15) is 0 Å². The maximum atomic E-state index is 5.81. The van der Waals surface area contributed by atoms with Crippen LogP contribution in [0.5, 0.6) is 5.75 Å². The minimum atomic E-state index is -0.0751. The van der Waals surface area contributed by atoms with Crippen LogP contribution in [0.15, 0.2) is 53.7 Å². The molecule has 0 saturated carbocycles. The van der Waals surface area contributed by atoms with Crippen molar-refractivity contribution in [3.8, 4) is 5.75 Å². The molecule has 0 amide bonds. The number of guanidine groups is 1. The lowest BCUT2D eigenvalue weighted by Crippen LogP contribution is -2.43. The van der Waals surface area contributed by atoms with Crippen LogP contribution in [0, 0.1) is 5.92 Å². The molecule has 0 aliphatic rings. The smallest absolute Gasteiger partial charge is 0.191 e. The number of nitrogens with zero attached hydrogens (tertiary/aromatic N) is 4. The molecule has 0 radical (unpaired) electrons. The van der Waals surface area contributed by atoms with E-state index in [1.54, 1.807) is 0 Å². The van der Waals surface area contributed by atoms with Crippen molar-refractivity contribution in [2.24, 2.45) is 10.9 Å². The highest BCUT2D eigenvalue weighted by Gasteiger charge is 2.21. The first-order valence-corrected chi connectivity index (χ1v) is 10.9. The van der Waals surface area contributed by atoms with Crippen molar-refractivity contribution in [1.82, 2.24) is 25.2 Å². The van der Waals surface area contributed by atoms with Crippen LogP contribution in [0.1, 0.15) is 46.0 Å². The van der Waals surface area contributed by atoms with Gasteiger partial charge in [0.1, 0.15) is 12.3 Å². The molecule has 2 heterocycles. The van der Waals surface area contributed by atoms with Crippen molar-refractivity contribution >= 4 is 11.6 Å². The molecular formula is C24H34N6O. The molecule has 7 heteroatoms. The van der Waals surface area contributed by atoms with Crippen LogP contribution in [0.25, 0.3) is 5.65 Å². The number of hydrogen-bond acceptors (Lipinski definition) is 4. The van der Waals surface area contributed by atoms with E-state index in [-0.39, 0.29) is 5.41 Å². The summed E-state index contributed by atoms with van der Waals surface area (Å²) in [6, 6.07) is 14.2. The van der Waals surface area contributed by atoms with E-state index in [2.05, 4.69) is 79.7 Å². The lowest BCUT2D eigenvalue weighted by molar-refractivity contribution is 0.271. The first kappa shape index (κ1) is 22.6. The van der Waals surface area contributed by atoms with E-state index in [1.165, 1.54) is 5.56 Å². The lowest BCUT2D eigenvalue weighted by Gasteiger charge is -2.27. The lowest BCUT2D eigenvalue weighted by atomic mass is 9.84. The Bertz CT molecular complexity index is 991. The molecule has 0 atom stereocenters. The SMILES string of the molecule is CCNC(=NCc1nnc2ccccn12)NCC(C)(C)c1ccc(OCC(C)C)cc1. The first-order chi connectivity index (χ1) is 14.9. The Morgan fingerprint density at radius 1 is 1.10 bits per heavy atom. The Balaban J connectivity index is 1.63. The molecule has 3 rings (SSSR count). The maximum absolute atomic E-state index is 5.81. The van der Waals surface area contributed by atoms with E-state index in [1.807, 2.05) is 28.8 Å². The van der Waals surface area contributed by atoms with E-state index in [9.17, 15) is 0 Å². The van der Waals surface area contributed by atoms with Crippen LogP contribution in [-0.2, 0) is 12.0 Å². The summed E-state index contributed by atoms with van der Waals surface area (Å²) >= 11 is 0. The largest absolute Gasteiger partial charge is 0.493 e. The monoisotopic (exact) mass is 422 g/mol. The zero-order valence-corrected chi connectivity index (χ0v) is 19.2. The van der Waals surface area contributed by atoms with Gasteiger partial charge >= 0.3 is 0 Å². The van der Waals surface area contributed by atoms with Crippen molar-refractivity contribution in [3.63, 3.8) is 0 Å². The molecule has 3 aromatic rings. The van der Waals surface area contributed by atoms with Gasteiger partial charge < -0.3 is 15.4 Å². The highest BCUT2D eigenvalue weighted by Crippen LogP contribution is 2.25. The van der Waals surface area contributed by atoms with Crippen LogP contribution < -0.4 is 15.4 Å². The van der Waals surface area contributed by atoms with Gasteiger partial charge in [0.05, 0.1) is 6.61 Å². The van der Waals surface area contributed by atoms with Gasteiger partial charge in [0, 0.05) is 24.7 Å². The van der Waals surface area contributed by atoms with Crippen LogP contribution in [-0.4, -0.2) is 40.3 Å². The first-order valence-electron chi connectivity index (χ1n) is 10.9. The molecule has 0 bridgehead atoms. The van der Waals surface area contributed by atoms with Crippen molar-refractivity contribution in [3.05, 3.63) is 60.0 Å². The van der Waals surface area contributed by atoms with Crippen LogP contribution in [0.2, 0.25) is 0 Å². The third kappa shape index (κ3) is 6.20. The Hall–Kier alpha value is -3.09. The van der Waals surface area contributed by atoms with Crippen LogP contribution >= 0.6 is 0 Å². The maximum Gasteiger partial charge on any atom is 0.191 e. The van der Waals surface area contributed by atoms with Gasteiger partial charge in [0.15, 0.2) is 17.4 Å². The van der Waals surface area contributed by atoms with E-state index in [4.69, 9.17) is 9.73 Å². The molecule has 7 nitrogen and oxygen atoms in total. The highest BCUT2D eigenvalue weighted by molar-refractivity contribution is 5.79. The molecule has 1 aromatic carbocycles. The minimum Gasteiger partial charge on any atom is -0.493 e. The Morgan fingerprint density at radius 2 is 1.87 bits per heavy atom. The fourth-order valence-electron chi connectivity index (χ4n) is 3.16. The molecule has 0 aliphatic heterocycles. The molecule has 2 aromatic heterocycles. The predicted molar refractivity (Wildman–Crippen MR) is 126 cm³/mol. The number of pyridine rings is 1. The van der Waals surface area contributed by atoms with Crippen LogP contribution in [0.3, 0.4) is 0 Å². The minimum absolute atomic E-state index is 0.0751. The average molecular weight is 423 g/mol. The number of hydrogen-bond donors (Lipinski definition) is 2. The normalized spacial score (nSPS) is 12.4. The molecule has 0 unspecified atom stereocenters. The Labute approximate surface area is 185 Å². The summed E-state index contributed by atoms with van der Waals surface area (Å²) in [7, 11) is 0. The number of aliphatic imine (C=N–C) groups is 1. The summed E-state index contributed by atoms with van der Waals surface area (Å²) in [5, 5.41) is 15.2. The Kier molecular flexibility index (Phi) is 7.50. The van der Waals surface area contributed by atoms with E-state index < -0.39 is 0 Å². The topological polar surface area (TPSA) is 75.8 Å². The molecular weight excluding hydrogens is 388 g/mol. The number of benzene rings is 1. The molecule has 0 aliphatic carbocycles. The zero-order chi connectivity index (χ0) is 22.3. The fourth-order valence-corrected chi connectivity index (χ4v) is 3.16. The predicted octanol–water partition coefficient (Wildman–Crippen LogP) is 3.80. The third-order valence-electron chi connectivity index (χ3n) is 5.02. The summed E-state index contributed by atoms with van der Waals surface area (Å²) in [6.45, 7) is 13.5. The van der Waals surface area contributed by atoms with Gasteiger partial charge in [-0.3, -0.25) is 4.40 Å². The number of aromatic nitrogens is 3. The number of nitrogens with one attached hydrogen (secondary N) is 2. The quantitative estimate of drug-likeness (QED) is 0.405. The van der Waals surface area contributed by atoms with Gasteiger partial charge in [-0.05, 0) is 42.7 Å². The zero-order valence-electron chi connectivity index (χ0n) is 19.2. The second kappa shape index (κ2) is 10.3. The van der Waals surface area contributed by atoms with Crippen molar-refractivity contribution < 1.29 is 4.74 Å². The second-order valence-corrected chi connectivity index (χ2v) is 8.71. The van der Waals surface area contributed by atoms with Crippen molar-refractivity contribution in [1.29, 1.82) is 0 Å². The van der Waals surface area contributed by atoms with Gasteiger partial charge in [-0.15, -0.1) is 10.2 Å². The van der Waals surface area contributed by atoms with E-state index in [0.717, 1.165) is 42.9 Å². The summed E-state index contributed by atoms with van der Waals surface area (Å²) in [4.78, 5) is 4.71. The molecule has 0 saturated heterocycles. The standard InChI is InChI=1S/C24H34N6O/c1-6-25-23(26-15-22-29-28-21-9-7-8-14-30(21)22)27-17-24(4,5)19-10-12-20(13-11-19)31-16-18(2)3/h7-14,18H,6,15-17H2,1-5H3,(H2,25,26,27). The molecule has 166 valence electrons. The highest BCUT2D eigenvalue weighted by atomic mass is 16.5. The van der Waals surface area contributed by atoms with E-state index in [0.29, 0.717) is 12.5 Å². The van der Waals surface area contributed by atoms with Crippen molar-refractivity contribution in [2.75, 3.05) is 19.7 Å². The molecule has 31 heavy (non-hydrogen) atoms.